The lowest BCUT2D eigenvalue weighted by atomic mass is 10.0. The van der Waals surface area contributed by atoms with E-state index >= 15 is 0 Å². The van der Waals surface area contributed by atoms with Gasteiger partial charge in [-0.25, -0.2) is 4.79 Å². The molecule has 2 aliphatic rings. The van der Waals surface area contributed by atoms with Crippen molar-refractivity contribution in [3.05, 3.63) is 29.3 Å². The SMILES string of the molecule is COc1ccc2c(c1)CN1C(=O)NC(=O)C21. The summed E-state index contributed by atoms with van der Waals surface area (Å²) in [5, 5.41) is 2.31. The first-order chi connectivity index (χ1) is 7.70. The van der Waals surface area contributed by atoms with E-state index in [-0.39, 0.29) is 11.9 Å². The van der Waals surface area contributed by atoms with Crippen LogP contribution in [0.25, 0.3) is 0 Å². The van der Waals surface area contributed by atoms with Gasteiger partial charge in [0.2, 0.25) is 0 Å². The van der Waals surface area contributed by atoms with Crippen LogP contribution in [0.1, 0.15) is 17.2 Å². The molecule has 0 aromatic heterocycles. The molecule has 3 amide bonds. The van der Waals surface area contributed by atoms with Crippen LogP contribution in [0.3, 0.4) is 0 Å². The van der Waals surface area contributed by atoms with Gasteiger partial charge in [0.15, 0.2) is 0 Å². The number of nitrogens with one attached hydrogen (secondary N) is 1. The Morgan fingerprint density at radius 3 is 3.00 bits per heavy atom. The number of fused-ring (bicyclic) bond motifs is 3. The van der Waals surface area contributed by atoms with Crippen LogP contribution in [0.15, 0.2) is 18.2 Å². The number of hydrogen-bond donors (Lipinski definition) is 1. The second-order valence-corrected chi connectivity index (χ2v) is 3.89. The Bertz CT molecular complexity index is 498. The Morgan fingerprint density at radius 1 is 1.44 bits per heavy atom. The van der Waals surface area contributed by atoms with Crippen LogP contribution < -0.4 is 10.1 Å². The minimum Gasteiger partial charge on any atom is -0.497 e. The molecule has 1 aromatic rings. The van der Waals surface area contributed by atoms with Gasteiger partial charge in [-0.05, 0) is 23.3 Å². The van der Waals surface area contributed by atoms with E-state index in [1.807, 2.05) is 12.1 Å². The second kappa shape index (κ2) is 2.98. The molecule has 0 spiro atoms. The van der Waals surface area contributed by atoms with Gasteiger partial charge in [-0.1, -0.05) is 6.07 Å². The number of hydrogen-bond acceptors (Lipinski definition) is 3. The molecule has 3 rings (SSSR count). The number of amides is 3. The van der Waals surface area contributed by atoms with E-state index in [4.69, 9.17) is 4.74 Å². The summed E-state index contributed by atoms with van der Waals surface area (Å²) in [7, 11) is 1.59. The summed E-state index contributed by atoms with van der Waals surface area (Å²) < 4.78 is 5.11. The maximum Gasteiger partial charge on any atom is 0.325 e. The lowest BCUT2D eigenvalue weighted by Crippen LogP contribution is -2.26. The molecule has 1 unspecified atom stereocenters. The zero-order valence-electron chi connectivity index (χ0n) is 8.69. The summed E-state index contributed by atoms with van der Waals surface area (Å²) in [6, 6.07) is 4.75. The van der Waals surface area contributed by atoms with E-state index in [9.17, 15) is 9.59 Å². The first-order valence-corrected chi connectivity index (χ1v) is 4.99. The van der Waals surface area contributed by atoms with Crippen LogP contribution >= 0.6 is 0 Å². The van der Waals surface area contributed by atoms with Gasteiger partial charge in [0.05, 0.1) is 7.11 Å². The first-order valence-electron chi connectivity index (χ1n) is 4.99. The Kier molecular flexibility index (Phi) is 1.71. The minimum absolute atomic E-state index is 0.242. The van der Waals surface area contributed by atoms with Gasteiger partial charge in [-0.15, -0.1) is 0 Å². The molecule has 5 nitrogen and oxygen atoms in total. The molecular weight excluding hydrogens is 208 g/mol. The van der Waals surface area contributed by atoms with Gasteiger partial charge in [0.1, 0.15) is 11.8 Å². The Labute approximate surface area is 92.0 Å². The van der Waals surface area contributed by atoms with E-state index in [0.717, 1.165) is 16.9 Å². The summed E-state index contributed by atoms with van der Waals surface area (Å²) in [6.07, 6.45) is 0. The summed E-state index contributed by atoms with van der Waals surface area (Å²) in [6.45, 7) is 0.467. The molecule has 0 aliphatic carbocycles. The minimum atomic E-state index is -0.451. The first kappa shape index (κ1) is 9.21. The molecule has 1 atom stereocenters. The number of imide groups is 1. The molecule has 1 fully saturated rings. The van der Waals surface area contributed by atoms with Crippen molar-refractivity contribution in [1.29, 1.82) is 0 Å². The average Bonchev–Trinajstić information content (AvgIpc) is 2.77. The molecular formula is C11H10N2O3. The largest absolute Gasteiger partial charge is 0.497 e. The van der Waals surface area contributed by atoms with Crippen molar-refractivity contribution in [2.24, 2.45) is 0 Å². The molecule has 16 heavy (non-hydrogen) atoms. The highest BCUT2D eigenvalue weighted by Crippen LogP contribution is 2.38. The molecule has 0 radical (unpaired) electrons. The van der Waals surface area contributed by atoms with Crippen molar-refractivity contribution in [1.82, 2.24) is 10.2 Å². The van der Waals surface area contributed by atoms with Crippen molar-refractivity contribution in [2.75, 3.05) is 7.11 Å². The number of urea groups is 1. The number of nitrogens with zero attached hydrogens (tertiary/aromatic N) is 1. The third-order valence-electron chi connectivity index (χ3n) is 3.04. The standard InChI is InChI=1S/C11H10N2O3/c1-16-7-2-3-8-6(4-7)5-13-9(8)10(14)12-11(13)15/h2-4,9H,5H2,1H3,(H,12,14,15). The third kappa shape index (κ3) is 1.05. The fourth-order valence-electron chi connectivity index (χ4n) is 2.27. The Morgan fingerprint density at radius 2 is 2.25 bits per heavy atom. The molecule has 2 heterocycles. The quantitative estimate of drug-likeness (QED) is 0.709. The van der Waals surface area contributed by atoms with Crippen molar-refractivity contribution < 1.29 is 14.3 Å². The second-order valence-electron chi connectivity index (χ2n) is 3.89. The van der Waals surface area contributed by atoms with Gasteiger partial charge in [-0.2, -0.15) is 0 Å². The van der Waals surface area contributed by atoms with E-state index in [1.54, 1.807) is 13.2 Å². The fraction of sp³-hybridized carbons (Fsp3) is 0.273. The maximum atomic E-state index is 11.6. The number of benzene rings is 1. The zero-order valence-corrected chi connectivity index (χ0v) is 8.69. The van der Waals surface area contributed by atoms with E-state index in [1.165, 1.54) is 4.90 Å². The van der Waals surface area contributed by atoms with Gasteiger partial charge in [-0.3, -0.25) is 10.1 Å². The summed E-state index contributed by atoms with van der Waals surface area (Å²) in [5.74, 6) is 0.502. The Balaban J connectivity index is 2.08. The molecule has 2 aliphatic heterocycles. The summed E-state index contributed by atoms with van der Waals surface area (Å²) in [5.41, 5.74) is 1.87. The molecule has 1 N–H and O–H groups in total. The summed E-state index contributed by atoms with van der Waals surface area (Å²) >= 11 is 0. The molecule has 1 aromatic carbocycles. The average molecular weight is 218 g/mol. The molecule has 5 heteroatoms. The monoisotopic (exact) mass is 218 g/mol. The topological polar surface area (TPSA) is 58.6 Å². The smallest absolute Gasteiger partial charge is 0.325 e. The van der Waals surface area contributed by atoms with E-state index in [0.29, 0.717) is 6.54 Å². The van der Waals surface area contributed by atoms with Crippen molar-refractivity contribution >= 4 is 11.9 Å². The number of carbonyl (C=O) groups is 2. The van der Waals surface area contributed by atoms with Gasteiger partial charge in [0, 0.05) is 6.54 Å². The fourth-order valence-corrected chi connectivity index (χ4v) is 2.27. The lowest BCUT2D eigenvalue weighted by Gasteiger charge is -2.10. The van der Waals surface area contributed by atoms with Crippen LogP contribution in [0.5, 0.6) is 5.75 Å². The lowest BCUT2D eigenvalue weighted by molar-refractivity contribution is -0.121. The van der Waals surface area contributed by atoms with Crippen LogP contribution in [0.2, 0.25) is 0 Å². The van der Waals surface area contributed by atoms with Crippen LogP contribution in [-0.4, -0.2) is 23.9 Å². The van der Waals surface area contributed by atoms with Crippen molar-refractivity contribution in [3.8, 4) is 5.75 Å². The number of methoxy groups -OCH3 is 1. The van der Waals surface area contributed by atoms with E-state index < -0.39 is 6.04 Å². The van der Waals surface area contributed by atoms with Crippen LogP contribution in [0, 0.1) is 0 Å². The molecule has 0 saturated carbocycles. The van der Waals surface area contributed by atoms with Gasteiger partial charge < -0.3 is 9.64 Å². The normalized spacial score (nSPS) is 21.8. The predicted octanol–water partition coefficient (Wildman–Crippen LogP) is 0.802. The number of rotatable bonds is 1. The highest BCUT2D eigenvalue weighted by molar-refractivity contribution is 6.05. The van der Waals surface area contributed by atoms with Crippen molar-refractivity contribution in [2.45, 2.75) is 12.6 Å². The van der Waals surface area contributed by atoms with Crippen LogP contribution in [0.4, 0.5) is 4.79 Å². The predicted molar refractivity (Wildman–Crippen MR) is 54.8 cm³/mol. The molecule has 1 saturated heterocycles. The highest BCUT2D eigenvalue weighted by atomic mass is 16.5. The number of ether oxygens (including phenoxy) is 1. The molecule has 0 bridgehead atoms. The maximum absolute atomic E-state index is 11.6. The van der Waals surface area contributed by atoms with Gasteiger partial charge in [0.25, 0.3) is 5.91 Å². The van der Waals surface area contributed by atoms with Gasteiger partial charge >= 0.3 is 6.03 Å². The van der Waals surface area contributed by atoms with Crippen LogP contribution in [-0.2, 0) is 11.3 Å². The third-order valence-corrected chi connectivity index (χ3v) is 3.04. The molecule has 82 valence electrons. The Hall–Kier alpha value is -2.04. The van der Waals surface area contributed by atoms with Crippen molar-refractivity contribution in [3.63, 3.8) is 0 Å². The number of carbonyl (C=O) groups excluding carboxylic acids is 2. The van der Waals surface area contributed by atoms with E-state index in [2.05, 4.69) is 5.32 Å². The zero-order chi connectivity index (χ0) is 11.3. The highest BCUT2D eigenvalue weighted by Gasteiger charge is 2.44. The summed E-state index contributed by atoms with van der Waals surface area (Å²) in [4.78, 5) is 24.6.